The Morgan fingerprint density at radius 3 is 2.53 bits per heavy atom. The minimum Gasteiger partial charge on any atom is -0.331 e. The number of rotatable bonds is 4. The number of aryl methyl sites for hydroxylation is 2. The second-order valence-electron chi connectivity index (χ2n) is 3.66. The standard InChI is InChI=1S/C11H16N4/c1-3-4-7-15-9-6-13-11(15)10-12-5-8-14(10)2/h5-6,8-9H,3-4,7H2,1-2H3. The largest absolute Gasteiger partial charge is 0.331 e. The maximum absolute atomic E-state index is 4.35. The summed E-state index contributed by atoms with van der Waals surface area (Å²) in [4.78, 5) is 8.66. The Labute approximate surface area is 89.6 Å². The first-order valence-corrected chi connectivity index (χ1v) is 5.31. The Hall–Kier alpha value is -1.58. The van der Waals surface area contributed by atoms with E-state index in [0.29, 0.717) is 0 Å². The molecule has 0 bridgehead atoms. The summed E-state index contributed by atoms with van der Waals surface area (Å²) in [5, 5.41) is 0. The van der Waals surface area contributed by atoms with Crippen molar-refractivity contribution in [1.29, 1.82) is 0 Å². The molecule has 0 fully saturated rings. The zero-order valence-electron chi connectivity index (χ0n) is 9.22. The number of imidazole rings is 2. The van der Waals surface area contributed by atoms with E-state index in [0.717, 1.165) is 18.2 Å². The summed E-state index contributed by atoms with van der Waals surface area (Å²) in [7, 11) is 1.99. The van der Waals surface area contributed by atoms with Crippen LogP contribution in [-0.4, -0.2) is 19.1 Å². The highest BCUT2D eigenvalue weighted by atomic mass is 15.1. The molecule has 0 spiro atoms. The minimum absolute atomic E-state index is 0.927. The zero-order valence-corrected chi connectivity index (χ0v) is 9.22. The molecular weight excluding hydrogens is 188 g/mol. The molecule has 2 aromatic heterocycles. The molecule has 0 saturated carbocycles. The molecule has 0 aromatic carbocycles. The van der Waals surface area contributed by atoms with Gasteiger partial charge in [-0.15, -0.1) is 0 Å². The van der Waals surface area contributed by atoms with E-state index in [1.807, 2.05) is 30.2 Å². The van der Waals surface area contributed by atoms with E-state index in [4.69, 9.17) is 0 Å². The molecule has 2 rings (SSSR count). The van der Waals surface area contributed by atoms with Crippen molar-refractivity contribution in [2.45, 2.75) is 26.3 Å². The molecule has 4 nitrogen and oxygen atoms in total. The Balaban J connectivity index is 2.29. The quantitative estimate of drug-likeness (QED) is 0.764. The molecule has 0 unspecified atom stereocenters. The Morgan fingerprint density at radius 1 is 1.13 bits per heavy atom. The van der Waals surface area contributed by atoms with Gasteiger partial charge >= 0.3 is 0 Å². The second kappa shape index (κ2) is 4.29. The van der Waals surface area contributed by atoms with Gasteiger partial charge in [0.2, 0.25) is 0 Å². The molecule has 4 heteroatoms. The third-order valence-electron chi connectivity index (χ3n) is 2.49. The van der Waals surface area contributed by atoms with Gasteiger partial charge < -0.3 is 9.13 Å². The van der Waals surface area contributed by atoms with Gasteiger partial charge in [-0.1, -0.05) is 13.3 Å². The van der Waals surface area contributed by atoms with Crippen LogP contribution in [0.3, 0.4) is 0 Å². The SMILES string of the molecule is CCCCn1ccnc1-c1nccn1C. The van der Waals surface area contributed by atoms with Crippen LogP contribution < -0.4 is 0 Å². The first-order valence-electron chi connectivity index (χ1n) is 5.31. The molecule has 0 atom stereocenters. The predicted octanol–water partition coefficient (Wildman–Crippen LogP) is 2.08. The molecular formula is C11H16N4. The van der Waals surface area contributed by atoms with Crippen molar-refractivity contribution in [2.75, 3.05) is 0 Å². The number of nitrogens with zero attached hydrogens (tertiary/aromatic N) is 4. The van der Waals surface area contributed by atoms with Crippen molar-refractivity contribution >= 4 is 0 Å². The molecule has 80 valence electrons. The van der Waals surface area contributed by atoms with Crippen LogP contribution >= 0.6 is 0 Å². The number of hydrogen-bond acceptors (Lipinski definition) is 2. The highest BCUT2D eigenvalue weighted by molar-refractivity contribution is 5.44. The number of aromatic nitrogens is 4. The van der Waals surface area contributed by atoms with Gasteiger partial charge in [0.05, 0.1) is 0 Å². The van der Waals surface area contributed by atoms with E-state index in [9.17, 15) is 0 Å². The van der Waals surface area contributed by atoms with Crippen LogP contribution in [0.2, 0.25) is 0 Å². The van der Waals surface area contributed by atoms with Gasteiger partial charge in [-0.25, -0.2) is 9.97 Å². The topological polar surface area (TPSA) is 35.6 Å². The summed E-state index contributed by atoms with van der Waals surface area (Å²) >= 11 is 0. The van der Waals surface area contributed by atoms with E-state index in [1.54, 1.807) is 6.20 Å². The molecule has 15 heavy (non-hydrogen) atoms. The van der Waals surface area contributed by atoms with Crippen LogP contribution in [0, 0.1) is 0 Å². The summed E-state index contributed by atoms with van der Waals surface area (Å²) in [6.07, 6.45) is 9.95. The van der Waals surface area contributed by atoms with Crippen molar-refractivity contribution in [2.24, 2.45) is 7.05 Å². The van der Waals surface area contributed by atoms with Gasteiger partial charge in [0.1, 0.15) is 0 Å². The average molecular weight is 204 g/mol. The van der Waals surface area contributed by atoms with Crippen molar-refractivity contribution in [1.82, 2.24) is 19.1 Å². The van der Waals surface area contributed by atoms with Crippen molar-refractivity contribution in [3.8, 4) is 11.6 Å². The fourth-order valence-corrected chi connectivity index (χ4v) is 1.61. The maximum atomic E-state index is 4.35. The molecule has 0 aliphatic rings. The summed E-state index contributed by atoms with van der Waals surface area (Å²) in [5.74, 6) is 1.88. The molecule has 0 radical (unpaired) electrons. The van der Waals surface area contributed by atoms with Crippen molar-refractivity contribution in [3.05, 3.63) is 24.8 Å². The highest BCUT2D eigenvalue weighted by Gasteiger charge is 2.09. The predicted molar refractivity (Wildman–Crippen MR) is 59.3 cm³/mol. The van der Waals surface area contributed by atoms with Gasteiger partial charge in [0, 0.05) is 38.4 Å². The highest BCUT2D eigenvalue weighted by Crippen LogP contribution is 2.14. The average Bonchev–Trinajstić information content (AvgIpc) is 2.82. The molecule has 0 N–H and O–H groups in total. The molecule has 0 aliphatic heterocycles. The fraction of sp³-hybridized carbons (Fsp3) is 0.455. The van der Waals surface area contributed by atoms with Crippen molar-refractivity contribution < 1.29 is 0 Å². The van der Waals surface area contributed by atoms with Crippen molar-refractivity contribution in [3.63, 3.8) is 0 Å². The fourth-order valence-electron chi connectivity index (χ4n) is 1.61. The second-order valence-corrected chi connectivity index (χ2v) is 3.66. The van der Waals surface area contributed by atoms with Gasteiger partial charge in [-0.3, -0.25) is 0 Å². The Kier molecular flexibility index (Phi) is 2.85. The van der Waals surface area contributed by atoms with Crippen LogP contribution in [0.25, 0.3) is 11.6 Å². The first-order chi connectivity index (χ1) is 7.33. The molecule has 2 heterocycles. The lowest BCUT2D eigenvalue weighted by Gasteiger charge is -2.06. The monoisotopic (exact) mass is 204 g/mol. The molecule has 0 aliphatic carbocycles. The van der Waals surface area contributed by atoms with Crippen LogP contribution in [-0.2, 0) is 13.6 Å². The van der Waals surface area contributed by atoms with Gasteiger partial charge in [0.25, 0.3) is 0 Å². The normalized spacial score (nSPS) is 10.8. The molecule has 2 aromatic rings. The lowest BCUT2D eigenvalue weighted by Crippen LogP contribution is -2.03. The van der Waals surface area contributed by atoms with E-state index in [1.165, 1.54) is 12.8 Å². The summed E-state index contributed by atoms with van der Waals surface area (Å²) in [6.45, 7) is 3.20. The Bertz CT molecular complexity index is 427. The zero-order chi connectivity index (χ0) is 10.7. The van der Waals surface area contributed by atoms with E-state index in [2.05, 4.69) is 21.5 Å². The van der Waals surface area contributed by atoms with Gasteiger partial charge in [-0.2, -0.15) is 0 Å². The first kappa shape index (κ1) is 9.96. The summed E-state index contributed by atoms with van der Waals surface area (Å²) < 4.78 is 4.15. The lowest BCUT2D eigenvalue weighted by atomic mass is 10.3. The summed E-state index contributed by atoms with van der Waals surface area (Å²) in [5.41, 5.74) is 0. The van der Waals surface area contributed by atoms with Crippen LogP contribution in [0.4, 0.5) is 0 Å². The van der Waals surface area contributed by atoms with Crippen LogP contribution in [0.15, 0.2) is 24.8 Å². The third-order valence-corrected chi connectivity index (χ3v) is 2.49. The molecule has 0 amide bonds. The number of unbranched alkanes of at least 4 members (excludes halogenated alkanes) is 1. The lowest BCUT2D eigenvalue weighted by molar-refractivity contribution is 0.633. The van der Waals surface area contributed by atoms with Gasteiger partial charge in [0.15, 0.2) is 11.6 Å². The summed E-state index contributed by atoms with van der Waals surface area (Å²) in [6, 6.07) is 0. The van der Waals surface area contributed by atoms with Crippen LogP contribution in [0.5, 0.6) is 0 Å². The maximum Gasteiger partial charge on any atom is 0.176 e. The van der Waals surface area contributed by atoms with E-state index >= 15 is 0 Å². The minimum atomic E-state index is 0.927. The van der Waals surface area contributed by atoms with E-state index in [-0.39, 0.29) is 0 Å². The number of hydrogen-bond donors (Lipinski definition) is 0. The van der Waals surface area contributed by atoms with Gasteiger partial charge in [-0.05, 0) is 6.42 Å². The third kappa shape index (κ3) is 1.93. The van der Waals surface area contributed by atoms with Crippen LogP contribution in [0.1, 0.15) is 19.8 Å². The Morgan fingerprint density at radius 2 is 1.87 bits per heavy atom. The smallest absolute Gasteiger partial charge is 0.176 e. The van der Waals surface area contributed by atoms with E-state index < -0.39 is 0 Å². The molecule has 0 saturated heterocycles.